The first-order chi connectivity index (χ1) is 13.3. The van der Waals surface area contributed by atoms with E-state index in [2.05, 4.69) is 31.7 Å². The van der Waals surface area contributed by atoms with Crippen molar-refractivity contribution in [2.45, 2.75) is 43.6 Å². The zero-order valence-electron chi connectivity index (χ0n) is 14.6. The summed E-state index contributed by atoms with van der Waals surface area (Å²) in [5, 5.41) is 11.6. The molecule has 4 heterocycles. The summed E-state index contributed by atoms with van der Waals surface area (Å²) >= 11 is 4.66. The van der Waals surface area contributed by atoms with Gasteiger partial charge in [0.1, 0.15) is 5.82 Å². The van der Waals surface area contributed by atoms with Crippen LogP contribution in [0.15, 0.2) is 22.0 Å². The lowest BCUT2D eigenvalue weighted by atomic mass is 10.0. The lowest BCUT2D eigenvalue weighted by molar-refractivity contribution is -0.173. The molecular weight excluding hydrogens is 461 g/mol. The summed E-state index contributed by atoms with van der Waals surface area (Å²) in [6.07, 6.45) is -2.96. The van der Waals surface area contributed by atoms with Gasteiger partial charge in [-0.25, -0.2) is 4.68 Å². The predicted molar refractivity (Wildman–Crippen MR) is 102 cm³/mol. The summed E-state index contributed by atoms with van der Waals surface area (Å²) in [6, 6.07) is 1.28. The number of rotatable bonds is 4. The average molecular weight is 479 g/mol. The predicted octanol–water partition coefficient (Wildman–Crippen LogP) is 4.28. The van der Waals surface area contributed by atoms with Crippen molar-refractivity contribution in [2.24, 2.45) is 0 Å². The van der Waals surface area contributed by atoms with Crippen LogP contribution < -0.4 is 10.6 Å². The third-order valence-corrected chi connectivity index (χ3v) is 6.65. The zero-order chi connectivity index (χ0) is 19.9. The number of nitrogens with one attached hydrogen (secondary N) is 2. The Morgan fingerprint density at radius 2 is 2.32 bits per heavy atom. The van der Waals surface area contributed by atoms with E-state index in [1.165, 1.54) is 11.3 Å². The summed E-state index contributed by atoms with van der Waals surface area (Å²) in [5.41, 5.74) is -0.0680. The van der Waals surface area contributed by atoms with E-state index in [9.17, 15) is 18.0 Å². The molecule has 3 atom stereocenters. The molecule has 2 aromatic rings. The molecule has 0 saturated carbocycles. The van der Waals surface area contributed by atoms with Crippen molar-refractivity contribution in [3.05, 3.63) is 32.6 Å². The maximum absolute atomic E-state index is 13.7. The van der Waals surface area contributed by atoms with Crippen LogP contribution in [-0.2, 0) is 4.74 Å². The van der Waals surface area contributed by atoms with Crippen LogP contribution in [0.5, 0.6) is 0 Å². The van der Waals surface area contributed by atoms with E-state index in [1.54, 1.807) is 12.1 Å². The Morgan fingerprint density at radius 1 is 1.50 bits per heavy atom. The molecule has 0 aromatic carbocycles. The molecule has 0 spiro atoms. The molecule has 0 radical (unpaired) electrons. The highest BCUT2D eigenvalue weighted by atomic mass is 79.9. The monoisotopic (exact) mass is 478 g/mol. The minimum atomic E-state index is -4.48. The minimum absolute atomic E-state index is 0.0655. The fourth-order valence-electron chi connectivity index (χ4n) is 3.51. The van der Waals surface area contributed by atoms with E-state index in [0.717, 1.165) is 22.4 Å². The van der Waals surface area contributed by atoms with E-state index in [-0.39, 0.29) is 28.5 Å². The van der Waals surface area contributed by atoms with Gasteiger partial charge in [-0.2, -0.15) is 18.3 Å². The molecular formula is C17H18BrF3N4O2S. The van der Waals surface area contributed by atoms with Gasteiger partial charge in [-0.3, -0.25) is 4.79 Å². The smallest absolute Gasteiger partial charge is 0.376 e. The number of nitrogens with zero attached hydrogens (tertiary/aromatic N) is 2. The fourth-order valence-corrected chi connectivity index (χ4v) is 4.85. The van der Waals surface area contributed by atoms with Gasteiger partial charge in [-0.05, 0) is 40.2 Å². The Balaban J connectivity index is 1.61. The molecule has 152 valence electrons. The van der Waals surface area contributed by atoms with Crippen molar-refractivity contribution < 1.29 is 22.7 Å². The van der Waals surface area contributed by atoms with Crippen LogP contribution in [0.4, 0.5) is 19.0 Å². The van der Waals surface area contributed by atoms with Gasteiger partial charge in [0, 0.05) is 24.4 Å². The number of halogens is 4. The summed E-state index contributed by atoms with van der Waals surface area (Å²) in [4.78, 5) is 13.3. The van der Waals surface area contributed by atoms with Gasteiger partial charge < -0.3 is 15.4 Å². The van der Waals surface area contributed by atoms with Gasteiger partial charge in [0.15, 0.2) is 11.7 Å². The lowest BCUT2D eigenvalue weighted by Crippen LogP contribution is -2.36. The molecule has 0 bridgehead atoms. The third kappa shape index (κ3) is 3.79. The number of hydrogen-bond acceptors (Lipinski definition) is 5. The number of anilines is 1. The Kier molecular flexibility index (Phi) is 5.41. The number of hydrogen-bond donors (Lipinski definition) is 2. The molecule has 1 unspecified atom stereocenters. The minimum Gasteiger partial charge on any atom is -0.376 e. The molecule has 2 aliphatic rings. The quantitative estimate of drug-likeness (QED) is 0.688. The van der Waals surface area contributed by atoms with Crippen molar-refractivity contribution >= 4 is 39.0 Å². The van der Waals surface area contributed by atoms with Crippen LogP contribution in [0.1, 0.15) is 46.7 Å². The van der Waals surface area contributed by atoms with Crippen LogP contribution in [0.2, 0.25) is 0 Å². The van der Waals surface area contributed by atoms with E-state index in [1.807, 2.05) is 5.38 Å². The summed E-state index contributed by atoms with van der Waals surface area (Å²) in [5.74, 6) is -0.367. The fraction of sp³-hybridized carbons (Fsp3) is 0.529. The topological polar surface area (TPSA) is 68.2 Å². The van der Waals surface area contributed by atoms with Gasteiger partial charge in [0.25, 0.3) is 5.91 Å². The number of thiophene rings is 1. The number of carbonyl (C=O) groups is 1. The van der Waals surface area contributed by atoms with Gasteiger partial charge >= 0.3 is 6.18 Å². The number of amides is 1. The van der Waals surface area contributed by atoms with Crippen LogP contribution in [0.3, 0.4) is 0 Å². The van der Waals surface area contributed by atoms with Crippen LogP contribution in [0, 0.1) is 0 Å². The first-order valence-corrected chi connectivity index (χ1v) is 10.6. The molecule has 2 aromatic heterocycles. The molecule has 2 N–H and O–H groups in total. The second kappa shape index (κ2) is 7.68. The number of carbonyl (C=O) groups excluding carboxylic acids is 1. The van der Waals surface area contributed by atoms with Gasteiger partial charge in [-0.15, -0.1) is 11.3 Å². The van der Waals surface area contributed by atoms with Crippen molar-refractivity contribution in [1.82, 2.24) is 15.1 Å². The van der Waals surface area contributed by atoms with Crippen LogP contribution in [0.25, 0.3) is 0 Å². The van der Waals surface area contributed by atoms with Crippen molar-refractivity contribution in [3.63, 3.8) is 0 Å². The van der Waals surface area contributed by atoms with E-state index < -0.39 is 24.2 Å². The van der Waals surface area contributed by atoms with E-state index >= 15 is 0 Å². The van der Waals surface area contributed by atoms with Crippen molar-refractivity contribution in [2.75, 3.05) is 18.5 Å². The molecule has 0 aliphatic carbocycles. The van der Waals surface area contributed by atoms with Crippen LogP contribution in [-0.4, -0.2) is 41.1 Å². The third-order valence-electron chi connectivity index (χ3n) is 4.91. The lowest BCUT2D eigenvalue weighted by Gasteiger charge is -2.33. The second-order valence-electron chi connectivity index (χ2n) is 6.81. The van der Waals surface area contributed by atoms with Gasteiger partial charge in [0.05, 0.1) is 16.6 Å². The van der Waals surface area contributed by atoms with Gasteiger partial charge in [0.2, 0.25) is 0 Å². The second-order valence-corrected chi connectivity index (χ2v) is 8.58. The number of aromatic nitrogens is 2. The SMILES string of the molecule is O=C(NCC1CCCO1)c1nn2c(c1Br)N[C@@H](c1cccs1)C[C@H]2C(F)(F)F. The molecule has 1 fully saturated rings. The summed E-state index contributed by atoms with van der Waals surface area (Å²) < 4.78 is 47.7. The maximum atomic E-state index is 13.7. The Labute approximate surface area is 171 Å². The van der Waals surface area contributed by atoms with E-state index in [4.69, 9.17) is 4.74 Å². The highest BCUT2D eigenvalue weighted by Crippen LogP contribution is 2.46. The Hall–Kier alpha value is -1.59. The standard InChI is InChI=1S/C17H18BrF3N4O2S/c18-13-14(16(26)22-8-9-3-1-5-27-9)24-25-12(17(19,20)21)7-10(23-15(13)25)11-4-2-6-28-11/h2,4,6,9-10,12,23H,1,3,5,7-8H2,(H,22,26)/t9?,10-,12+/m1/s1. The molecule has 1 amide bonds. The molecule has 6 nitrogen and oxygen atoms in total. The molecule has 11 heteroatoms. The highest BCUT2D eigenvalue weighted by Gasteiger charge is 2.48. The molecule has 2 aliphatic heterocycles. The number of ether oxygens (including phenoxy) is 1. The first kappa shape index (κ1) is 19.7. The van der Waals surface area contributed by atoms with Crippen LogP contribution >= 0.6 is 27.3 Å². The van der Waals surface area contributed by atoms with Gasteiger partial charge in [-0.1, -0.05) is 6.07 Å². The van der Waals surface area contributed by atoms with E-state index in [0.29, 0.717) is 13.2 Å². The molecule has 28 heavy (non-hydrogen) atoms. The Bertz CT molecular complexity index is 849. The molecule has 4 rings (SSSR count). The summed E-state index contributed by atoms with van der Waals surface area (Å²) in [7, 11) is 0. The highest BCUT2D eigenvalue weighted by molar-refractivity contribution is 9.10. The van der Waals surface area contributed by atoms with Crippen molar-refractivity contribution in [3.8, 4) is 0 Å². The first-order valence-electron chi connectivity index (χ1n) is 8.89. The maximum Gasteiger partial charge on any atom is 0.410 e. The zero-order valence-corrected chi connectivity index (χ0v) is 17.0. The Morgan fingerprint density at radius 3 is 2.96 bits per heavy atom. The molecule has 1 saturated heterocycles. The number of alkyl halides is 3. The number of fused-ring (bicyclic) bond motifs is 1. The van der Waals surface area contributed by atoms with Crippen molar-refractivity contribution in [1.29, 1.82) is 0 Å². The normalized spacial score (nSPS) is 24.6. The summed E-state index contributed by atoms with van der Waals surface area (Å²) in [6.45, 7) is 0.964. The largest absolute Gasteiger partial charge is 0.410 e. The average Bonchev–Trinajstić information content (AvgIpc) is 3.40.